The molecule has 0 unspecified atom stereocenters. The molecule has 17 heavy (non-hydrogen) atoms. The molecule has 0 amide bonds. The zero-order chi connectivity index (χ0) is 12.1. The molecule has 0 saturated carbocycles. The quantitative estimate of drug-likeness (QED) is 0.817. The third-order valence-corrected chi connectivity index (χ3v) is 2.01. The van der Waals surface area contributed by atoms with Crippen LogP contribution >= 0.6 is 0 Å². The van der Waals surface area contributed by atoms with Crippen molar-refractivity contribution in [3.05, 3.63) is 24.5 Å². The van der Waals surface area contributed by atoms with Crippen molar-refractivity contribution >= 4 is 5.82 Å². The first-order valence-corrected chi connectivity index (χ1v) is 5.31. The number of rotatable bonds is 5. The minimum Gasteiger partial charge on any atom is -0.478 e. The summed E-state index contributed by atoms with van der Waals surface area (Å²) in [6.07, 6.45) is 3.11. The molecule has 1 N–H and O–H groups in total. The molecule has 0 aliphatic rings. The van der Waals surface area contributed by atoms with Crippen molar-refractivity contribution in [2.24, 2.45) is 7.05 Å². The Morgan fingerprint density at radius 2 is 2.24 bits per heavy atom. The molecular formula is C10H14N6O. The van der Waals surface area contributed by atoms with Gasteiger partial charge in [0.2, 0.25) is 5.88 Å². The molecule has 0 fully saturated rings. The maximum atomic E-state index is 5.28. The molecule has 0 saturated heterocycles. The zero-order valence-electron chi connectivity index (χ0n) is 9.79. The lowest BCUT2D eigenvalue weighted by molar-refractivity contribution is 0.326. The van der Waals surface area contributed by atoms with E-state index in [0.717, 1.165) is 0 Å². The highest BCUT2D eigenvalue weighted by molar-refractivity contribution is 5.36. The predicted molar refractivity (Wildman–Crippen MR) is 61.5 cm³/mol. The molecule has 0 spiro atoms. The third kappa shape index (κ3) is 3.13. The van der Waals surface area contributed by atoms with Crippen LogP contribution in [-0.4, -0.2) is 31.3 Å². The molecule has 90 valence electrons. The Morgan fingerprint density at radius 1 is 1.35 bits per heavy atom. The number of ether oxygens (including phenoxy) is 1. The fourth-order valence-electron chi connectivity index (χ4n) is 1.30. The Kier molecular flexibility index (Phi) is 3.49. The summed E-state index contributed by atoms with van der Waals surface area (Å²) in [5.41, 5.74) is 0. The molecule has 2 aromatic rings. The molecular weight excluding hydrogens is 220 g/mol. The normalized spacial score (nSPS) is 10.2. The van der Waals surface area contributed by atoms with E-state index in [0.29, 0.717) is 30.7 Å². The van der Waals surface area contributed by atoms with Crippen molar-refractivity contribution in [1.29, 1.82) is 0 Å². The van der Waals surface area contributed by atoms with Gasteiger partial charge >= 0.3 is 0 Å². The summed E-state index contributed by atoms with van der Waals surface area (Å²) in [5.74, 6) is 1.96. The van der Waals surface area contributed by atoms with Gasteiger partial charge in [-0.05, 0) is 6.92 Å². The molecule has 7 nitrogen and oxygen atoms in total. The van der Waals surface area contributed by atoms with E-state index in [1.54, 1.807) is 17.1 Å². The first-order chi connectivity index (χ1) is 8.28. The van der Waals surface area contributed by atoms with Crippen LogP contribution in [0.15, 0.2) is 18.7 Å². The highest BCUT2D eigenvalue weighted by Crippen LogP contribution is 2.11. The van der Waals surface area contributed by atoms with Crippen LogP contribution in [0, 0.1) is 0 Å². The van der Waals surface area contributed by atoms with Crippen molar-refractivity contribution < 1.29 is 4.74 Å². The van der Waals surface area contributed by atoms with E-state index in [1.807, 2.05) is 14.0 Å². The maximum Gasteiger partial charge on any atom is 0.218 e. The van der Waals surface area contributed by atoms with Crippen molar-refractivity contribution in [3.63, 3.8) is 0 Å². The highest BCUT2D eigenvalue weighted by atomic mass is 16.5. The smallest absolute Gasteiger partial charge is 0.218 e. The second-order valence-corrected chi connectivity index (χ2v) is 3.36. The van der Waals surface area contributed by atoms with Crippen LogP contribution in [0.25, 0.3) is 0 Å². The lowest BCUT2D eigenvalue weighted by atomic mass is 10.5. The van der Waals surface area contributed by atoms with Crippen LogP contribution in [-0.2, 0) is 13.6 Å². The SMILES string of the molecule is CCOc1cc(NCc2ncn(C)n2)ncn1. The van der Waals surface area contributed by atoms with Crippen molar-refractivity contribution in [2.75, 3.05) is 11.9 Å². The third-order valence-electron chi connectivity index (χ3n) is 2.01. The molecule has 0 aliphatic carbocycles. The number of anilines is 1. The molecule has 0 bridgehead atoms. The van der Waals surface area contributed by atoms with Gasteiger partial charge in [-0.3, -0.25) is 4.68 Å². The number of nitrogens with zero attached hydrogens (tertiary/aromatic N) is 5. The van der Waals surface area contributed by atoms with Gasteiger partial charge in [-0.25, -0.2) is 15.0 Å². The summed E-state index contributed by atoms with van der Waals surface area (Å²) in [4.78, 5) is 12.2. The summed E-state index contributed by atoms with van der Waals surface area (Å²) in [6.45, 7) is 3.01. The van der Waals surface area contributed by atoms with Gasteiger partial charge in [0.15, 0.2) is 5.82 Å². The Morgan fingerprint density at radius 3 is 2.94 bits per heavy atom. The first kappa shape index (κ1) is 11.3. The molecule has 0 atom stereocenters. The van der Waals surface area contributed by atoms with Crippen molar-refractivity contribution in [2.45, 2.75) is 13.5 Å². The zero-order valence-corrected chi connectivity index (χ0v) is 9.79. The van der Waals surface area contributed by atoms with E-state index in [2.05, 4.69) is 25.4 Å². The van der Waals surface area contributed by atoms with Gasteiger partial charge in [0.25, 0.3) is 0 Å². The Labute approximate surface area is 98.9 Å². The average Bonchev–Trinajstić information content (AvgIpc) is 2.74. The van der Waals surface area contributed by atoms with Gasteiger partial charge in [-0.1, -0.05) is 0 Å². The number of aromatic nitrogens is 5. The van der Waals surface area contributed by atoms with E-state index in [9.17, 15) is 0 Å². The molecule has 7 heteroatoms. The lowest BCUT2D eigenvalue weighted by Gasteiger charge is -2.05. The molecule has 2 rings (SSSR count). The highest BCUT2D eigenvalue weighted by Gasteiger charge is 2.01. The van der Waals surface area contributed by atoms with Crippen LogP contribution in [0.2, 0.25) is 0 Å². The average molecular weight is 234 g/mol. The van der Waals surface area contributed by atoms with Gasteiger partial charge in [0, 0.05) is 13.1 Å². The Balaban J connectivity index is 1.96. The molecule has 2 aromatic heterocycles. The fourth-order valence-corrected chi connectivity index (χ4v) is 1.30. The molecule has 0 aromatic carbocycles. The maximum absolute atomic E-state index is 5.28. The van der Waals surface area contributed by atoms with Crippen LogP contribution in [0.4, 0.5) is 5.82 Å². The summed E-state index contributed by atoms with van der Waals surface area (Å²) in [5, 5.41) is 7.26. The van der Waals surface area contributed by atoms with Crippen molar-refractivity contribution in [3.8, 4) is 5.88 Å². The topological polar surface area (TPSA) is 77.8 Å². The second-order valence-electron chi connectivity index (χ2n) is 3.36. The molecule has 0 radical (unpaired) electrons. The summed E-state index contributed by atoms with van der Waals surface area (Å²) >= 11 is 0. The first-order valence-electron chi connectivity index (χ1n) is 5.31. The summed E-state index contributed by atoms with van der Waals surface area (Å²) in [7, 11) is 1.83. The van der Waals surface area contributed by atoms with Crippen LogP contribution in [0.3, 0.4) is 0 Å². The van der Waals surface area contributed by atoms with Crippen LogP contribution < -0.4 is 10.1 Å². The second kappa shape index (κ2) is 5.24. The number of aryl methyl sites for hydroxylation is 1. The van der Waals surface area contributed by atoms with Crippen LogP contribution in [0.1, 0.15) is 12.7 Å². The number of nitrogens with one attached hydrogen (secondary N) is 1. The minimum atomic E-state index is 0.517. The van der Waals surface area contributed by atoms with E-state index in [-0.39, 0.29) is 0 Å². The number of hydrogen-bond acceptors (Lipinski definition) is 6. The van der Waals surface area contributed by atoms with Crippen molar-refractivity contribution in [1.82, 2.24) is 24.7 Å². The van der Waals surface area contributed by atoms with Gasteiger partial charge in [0.05, 0.1) is 13.2 Å². The molecule has 0 aliphatic heterocycles. The van der Waals surface area contributed by atoms with Crippen LogP contribution in [0.5, 0.6) is 5.88 Å². The number of hydrogen-bond donors (Lipinski definition) is 1. The van der Waals surface area contributed by atoms with Gasteiger partial charge in [-0.2, -0.15) is 5.10 Å². The standard InChI is InChI=1S/C10H14N6O/c1-3-17-10-4-8(12-6-13-10)11-5-9-14-7-16(2)15-9/h4,6-7H,3,5H2,1-2H3,(H,11,12,13). The monoisotopic (exact) mass is 234 g/mol. The van der Waals surface area contributed by atoms with E-state index in [1.165, 1.54) is 6.33 Å². The Hall–Kier alpha value is -2.18. The van der Waals surface area contributed by atoms with Gasteiger partial charge < -0.3 is 10.1 Å². The van der Waals surface area contributed by atoms with E-state index in [4.69, 9.17) is 4.74 Å². The summed E-state index contributed by atoms with van der Waals surface area (Å²) < 4.78 is 6.93. The summed E-state index contributed by atoms with van der Waals surface area (Å²) in [6, 6.07) is 1.74. The van der Waals surface area contributed by atoms with Gasteiger partial charge in [-0.15, -0.1) is 0 Å². The molecule has 2 heterocycles. The van der Waals surface area contributed by atoms with Gasteiger partial charge in [0.1, 0.15) is 18.5 Å². The van der Waals surface area contributed by atoms with E-state index >= 15 is 0 Å². The fraction of sp³-hybridized carbons (Fsp3) is 0.400. The predicted octanol–water partition coefficient (Wildman–Crippen LogP) is 0.616. The lowest BCUT2D eigenvalue weighted by Crippen LogP contribution is -2.05. The minimum absolute atomic E-state index is 0.517. The Bertz CT molecular complexity index is 483. The van der Waals surface area contributed by atoms with E-state index < -0.39 is 0 Å². The largest absolute Gasteiger partial charge is 0.478 e.